The molecule has 0 aromatic heterocycles. The molecule has 1 heterocycles. The topological polar surface area (TPSA) is 60.4 Å². The van der Waals surface area contributed by atoms with Gasteiger partial charge in [-0.05, 0) is 70.0 Å². The van der Waals surface area contributed by atoms with Crippen LogP contribution in [0.25, 0.3) is 6.08 Å². The number of benzene rings is 2. The van der Waals surface area contributed by atoms with Crippen LogP contribution in [0.4, 0.5) is 5.69 Å². The Bertz CT molecular complexity index is 1020. The van der Waals surface area contributed by atoms with Gasteiger partial charge in [0, 0.05) is 18.2 Å². The molecule has 3 rings (SSSR count). The first-order chi connectivity index (χ1) is 14.9. The van der Waals surface area contributed by atoms with Gasteiger partial charge in [-0.2, -0.15) is 0 Å². The lowest BCUT2D eigenvalue weighted by atomic mass is 10.1. The number of nitrogens with zero attached hydrogens (tertiary/aromatic N) is 2. The van der Waals surface area contributed by atoms with E-state index < -0.39 is 0 Å². The SMILES string of the molecule is COc1ccc(N=C2S/C(=C\c3cc(Br)c(OC)cc3OC)C(=O)N2CC(C)C)cc1. The third-order valence-electron chi connectivity index (χ3n) is 4.52. The van der Waals surface area contributed by atoms with Crippen LogP contribution in [0, 0.1) is 5.92 Å². The van der Waals surface area contributed by atoms with Gasteiger partial charge in [-0.1, -0.05) is 13.8 Å². The van der Waals surface area contributed by atoms with Gasteiger partial charge in [0.05, 0.1) is 36.4 Å². The van der Waals surface area contributed by atoms with E-state index in [4.69, 9.17) is 19.2 Å². The molecule has 1 aliphatic rings. The maximum Gasteiger partial charge on any atom is 0.266 e. The number of amides is 1. The number of amidine groups is 1. The monoisotopic (exact) mass is 504 g/mol. The second-order valence-electron chi connectivity index (χ2n) is 7.24. The Kier molecular flexibility index (Phi) is 7.67. The molecule has 1 fully saturated rings. The van der Waals surface area contributed by atoms with E-state index in [1.54, 1.807) is 32.3 Å². The molecule has 6 nitrogen and oxygen atoms in total. The van der Waals surface area contributed by atoms with E-state index in [0.717, 1.165) is 21.5 Å². The van der Waals surface area contributed by atoms with E-state index in [1.807, 2.05) is 36.4 Å². The minimum Gasteiger partial charge on any atom is -0.497 e. The molecule has 0 atom stereocenters. The minimum atomic E-state index is -0.0695. The Labute approximate surface area is 195 Å². The van der Waals surface area contributed by atoms with Gasteiger partial charge in [0.1, 0.15) is 17.2 Å². The summed E-state index contributed by atoms with van der Waals surface area (Å²) in [5.74, 6) is 2.27. The van der Waals surface area contributed by atoms with Crippen molar-refractivity contribution in [1.29, 1.82) is 0 Å². The molecule has 0 spiro atoms. The Hall–Kier alpha value is -2.45. The van der Waals surface area contributed by atoms with E-state index in [1.165, 1.54) is 11.8 Å². The number of hydrogen-bond acceptors (Lipinski definition) is 6. The van der Waals surface area contributed by atoms with Gasteiger partial charge in [0.25, 0.3) is 5.91 Å². The summed E-state index contributed by atoms with van der Waals surface area (Å²) in [4.78, 5) is 20.3. The molecular weight excluding hydrogens is 480 g/mol. The van der Waals surface area contributed by atoms with E-state index in [2.05, 4.69) is 29.8 Å². The van der Waals surface area contributed by atoms with E-state index >= 15 is 0 Å². The zero-order valence-corrected chi connectivity index (χ0v) is 20.5. The summed E-state index contributed by atoms with van der Waals surface area (Å²) in [6.45, 7) is 4.74. The lowest BCUT2D eigenvalue weighted by molar-refractivity contribution is -0.122. The van der Waals surface area contributed by atoms with Crippen LogP contribution in [-0.4, -0.2) is 43.8 Å². The maximum absolute atomic E-state index is 13.2. The lowest BCUT2D eigenvalue weighted by Gasteiger charge is -2.17. The molecule has 31 heavy (non-hydrogen) atoms. The molecule has 2 aromatic rings. The van der Waals surface area contributed by atoms with Gasteiger partial charge in [0.2, 0.25) is 0 Å². The van der Waals surface area contributed by atoms with Crippen LogP contribution in [0.5, 0.6) is 17.2 Å². The standard InChI is InChI=1S/C23H25BrN2O4S/c1-14(2)13-26-22(27)21(11-15-10-18(24)20(30-5)12-19(15)29-4)31-23(26)25-16-6-8-17(28-3)9-7-16/h6-12,14H,13H2,1-5H3/b21-11-,25-23?. The number of aliphatic imine (C=N–C) groups is 1. The molecule has 1 aliphatic heterocycles. The first kappa shape index (κ1) is 23.2. The maximum atomic E-state index is 13.2. The summed E-state index contributed by atoms with van der Waals surface area (Å²) in [5.41, 5.74) is 1.54. The summed E-state index contributed by atoms with van der Waals surface area (Å²) in [5, 5.41) is 0.654. The highest BCUT2D eigenvalue weighted by Gasteiger charge is 2.34. The molecule has 1 amide bonds. The molecule has 164 valence electrons. The van der Waals surface area contributed by atoms with Crippen molar-refractivity contribution in [2.24, 2.45) is 10.9 Å². The largest absolute Gasteiger partial charge is 0.497 e. The second kappa shape index (κ2) is 10.2. The Morgan fingerprint density at radius 3 is 2.32 bits per heavy atom. The summed E-state index contributed by atoms with van der Waals surface area (Å²) in [7, 11) is 4.81. The van der Waals surface area contributed by atoms with Crippen LogP contribution in [0.3, 0.4) is 0 Å². The van der Waals surface area contributed by atoms with E-state index in [9.17, 15) is 4.79 Å². The van der Waals surface area contributed by atoms with Gasteiger partial charge in [-0.25, -0.2) is 4.99 Å². The number of ether oxygens (including phenoxy) is 3. The van der Waals surface area contributed by atoms with Crippen LogP contribution in [0.15, 0.2) is 50.8 Å². The Balaban J connectivity index is 2.00. The third kappa shape index (κ3) is 5.43. The summed E-state index contributed by atoms with van der Waals surface area (Å²) in [6.07, 6.45) is 1.83. The Morgan fingerprint density at radius 2 is 1.74 bits per heavy atom. The fourth-order valence-electron chi connectivity index (χ4n) is 3.02. The van der Waals surface area contributed by atoms with Gasteiger partial charge >= 0.3 is 0 Å². The predicted molar refractivity (Wildman–Crippen MR) is 129 cm³/mol. The average molecular weight is 505 g/mol. The van der Waals surface area contributed by atoms with Crippen molar-refractivity contribution in [1.82, 2.24) is 4.90 Å². The predicted octanol–water partition coefficient (Wildman–Crippen LogP) is 5.73. The fourth-order valence-corrected chi connectivity index (χ4v) is 4.54. The summed E-state index contributed by atoms with van der Waals surface area (Å²) < 4.78 is 16.8. The van der Waals surface area contributed by atoms with Gasteiger partial charge in [-0.3, -0.25) is 9.69 Å². The van der Waals surface area contributed by atoms with Gasteiger partial charge < -0.3 is 14.2 Å². The first-order valence-corrected chi connectivity index (χ1v) is 11.3. The van der Waals surface area contributed by atoms with Gasteiger partial charge in [-0.15, -0.1) is 0 Å². The molecule has 0 aliphatic carbocycles. The number of rotatable bonds is 7. The molecule has 1 saturated heterocycles. The van der Waals surface area contributed by atoms with Crippen LogP contribution in [-0.2, 0) is 4.79 Å². The average Bonchev–Trinajstić information content (AvgIpc) is 3.03. The Morgan fingerprint density at radius 1 is 1.06 bits per heavy atom. The van der Waals surface area contributed by atoms with Crippen molar-refractivity contribution in [2.45, 2.75) is 13.8 Å². The number of carbonyl (C=O) groups is 1. The molecule has 0 unspecified atom stereocenters. The van der Waals surface area contributed by atoms with Crippen molar-refractivity contribution in [3.63, 3.8) is 0 Å². The molecule has 2 aromatic carbocycles. The molecule has 0 saturated carbocycles. The highest BCUT2D eigenvalue weighted by atomic mass is 79.9. The van der Waals surface area contributed by atoms with Crippen LogP contribution in [0.1, 0.15) is 19.4 Å². The van der Waals surface area contributed by atoms with Crippen LogP contribution >= 0.6 is 27.7 Å². The molecule has 0 N–H and O–H groups in total. The first-order valence-electron chi connectivity index (χ1n) is 9.72. The zero-order valence-electron chi connectivity index (χ0n) is 18.1. The number of methoxy groups -OCH3 is 3. The highest BCUT2D eigenvalue weighted by molar-refractivity contribution is 9.10. The third-order valence-corrected chi connectivity index (χ3v) is 6.15. The highest BCUT2D eigenvalue weighted by Crippen LogP contribution is 2.39. The van der Waals surface area contributed by atoms with Crippen LogP contribution in [0.2, 0.25) is 0 Å². The number of halogens is 1. The zero-order chi connectivity index (χ0) is 22.5. The molecule has 0 bridgehead atoms. The molecule has 0 radical (unpaired) electrons. The normalized spacial score (nSPS) is 16.5. The molecule has 8 heteroatoms. The second-order valence-corrected chi connectivity index (χ2v) is 9.10. The van der Waals surface area contributed by atoms with Gasteiger partial charge in [0.15, 0.2) is 5.17 Å². The minimum absolute atomic E-state index is 0.0695. The smallest absolute Gasteiger partial charge is 0.266 e. The van der Waals surface area contributed by atoms with E-state index in [0.29, 0.717) is 34.0 Å². The van der Waals surface area contributed by atoms with Crippen molar-refractivity contribution in [3.05, 3.63) is 51.3 Å². The number of hydrogen-bond donors (Lipinski definition) is 0. The van der Waals surface area contributed by atoms with Crippen LogP contribution < -0.4 is 14.2 Å². The van der Waals surface area contributed by atoms with Crippen molar-refractivity contribution in [3.8, 4) is 17.2 Å². The fraction of sp³-hybridized carbons (Fsp3) is 0.304. The lowest BCUT2D eigenvalue weighted by Crippen LogP contribution is -2.32. The molecular formula is C23H25BrN2O4S. The summed E-state index contributed by atoms with van der Waals surface area (Å²) in [6, 6.07) is 11.1. The quantitative estimate of drug-likeness (QED) is 0.450. The van der Waals surface area contributed by atoms with E-state index in [-0.39, 0.29) is 5.91 Å². The summed E-state index contributed by atoms with van der Waals surface area (Å²) >= 11 is 4.86. The number of thioether (sulfide) groups is 1. The number of carbonyl (C=O) groups excluding carboxylic acids is 1. The van der Waals surface area contributed by atoms with Crippen molar-refractivity contribution >= 4 is 50.5 Å². The van der Waals surface area contributed by atoms with Crippen molar-refractivity contribution in [2.75, 3.05) is 27.9 Å². The van der Waals surface area contributed by atoms with Crippen molar-refractivity contribution < 1.29 is 19.0 Å².